The Bertz CT molecular complexity index is 616. The molecule has 1 atom stereocenters. The quantitative estimate of drug-likeness (QED) is 0.717. The van der Waals surface area contributed by atoms with Crippen molar-refractivity contribution in [3.05, 3.63) is 66.0 Å². The number of benzene rings is 2. The minimum absolute atomic E-state index is 0.204. The smallest absolute Gasteiger partial charge is 0.261 e. The van der Waals surface area contributed by atoms with Crippen LogP contribution in [0.25, 0.3) is 0 Å². The van der Waals surface area contributed by atoms with Gasteiger partial charge in [0.2, 0.25) is 0 Å². The third-order valence-electron chi connectivity index (χ3n) is 3.41. The Labute approximate surface area is 141 Å². The Morgan fingerprint density at radius 1 is 1.12 bits per heavy atom. The van der Waals surface area contributed by atoms with Gasteiger partial charge in [0.1, 0.15) is 11.6 Å². The second-order valence-electron chi connectivity index (χ2n) is 5.30. The van der Waals surface area contributed by atoms with E-state index in [1.54, 1.807) is 0 Å². The van der Waals surface area contributed by atoms with Gasteiger partial charge in [0.25, 0.3) is 5.91 Å². The number of amides is 1. The number of carbonyl (C=O) groups is 1. The molecule has 5 heteroatoms. The molecule has 0 saturated carbocycles. The average Bonchev–Trinajstić information content (AvgIpc) is 2.61. The minimum Gasteiger partial charge on any atom is -0.481 e. The summed E-state index contributed by atoms with van der Waals surface area (Å²) in [5.41, 5.74) is 1.09. The molecule has 1 amide bonds. The van der Waals surface area contributed by atoms with Crippen LogP contribution in [0.15, 0.2) is 54.6 Å². The molecule has 1 N–H and O–H groups in total. The first-order valence-corrected chi connectivity index (χ1v) is 8.00. The number of ether oxygens (including phenoxy) is 2. The van der Waals surface area contributed by atoms with Crippen molar-refractivity contribution in [1.29, 1.82) is 0 Å². The largest absolute Gasteiger partial charge is 0.481 e. The van der Waals surface area contributed by atoms with Crippen LogP contribution in [0.4, 0.5) is 4.39 Å². The normalized spacial score (nSPS) is 11.8. The van der Waals surface area contributed by atoms with Gasteiger partial charge in [-0.1, -0.05) is 37.3 Å². The molecule has 0 bridgehead atoms. The first kappa shape index (κ1) is 17.9. The first-order chi connectivity index (χ1) is 11.7. The average molecular weight is 331 g/mol. The number of rotatable bonds is 9. The summed E-state index contributed by atoms with van der Waals surface area (Å²) in [4.78, 5) is 12.1. The fraction of sp³-hybridized carbons (Fsp3) is 0.316. The Balaban J connectivity index is 1.68. The standard InChI is InChI=1S/C19H22FNO3/c1-2-18(24-17-10-8-16(20)9-11-17)19(22)21-12-13-23-14-15-6-4-3-5-7-15/h3-11,18H,2,12-14H2,1H3,(H,21,22)/t18-/m1/s1. The lowest BCUT2D eigenvalue weighted by Gasteiger charge is -2.17. The summed E-state index contributed by atoms with van der Waals surface area (Å²) in [6, 6.07) is 15.5. The SMILES string of the molecule is CC[C@@H](Oc1ccc(F)cc1)C(=O)NCCOCc1ccccc1. The monoisotopic (exact) mass is 331 g/mol. The molecule has 24 heavy (non-hydrogen) atoms. The van der Waals surface area contributed by atoms with Crippen molar-refractivity contribution < 1.29 is 18.7 Å². The summed E-state index contributed by atoms with van der Waals surface area (Å²) in [5, 5.41) is 2.79. The molecular formula is C19H22FNO3. The van der Waals surface area contributed by atoms with Crippen LogP contribution < -0.4 is 10.1 Å². The van der Waals surface area contributed by atoms with Crippen LogP contribution in [-0.4, -0.2) is 25.2 Å². The maximum Gasteiger partial charge on any atom is 0.261 e. The molecule has 0 aliphatic rings. The van der Waals surface area contributed by atoms with Crippen molar-refractivity contribution in [3.8, 4) is 5.75 Å². The zero-order valence-electron chi connectivity index (χ0n) is 13.7. The van der Waals surface area contributed by atoms with Crippen molar-refractivity contribution in [2.24, 2.45) is 0 Å². The van der Waals surface area contributed by atoms with Gasteiger partial charge in [-0.25, -0.2) is 4.39 Å². The summed E-state index contributed by atoms with van der Waals surface area (Å²) in [7, 11) is 0. The lowest BCUT2D eigenvalue weighted by molar-refractivity contribution is -0.128. The van der Waals surface area contributed by atoms with Crippen molar-refractivity contribution in [2.75, 3.05) is 13.2 Å². The zero-order chi connectivity index (χ0) is 17.2. The summed E-state index contributed by atoms with van der Waals surface area (Å²) in [6.07, 6.45) is -0.0850. The molecule has 0 aliphatic heterocycles. The van der Waals surface area contributed by atoms with E-state index in [9.17, 15) is 9.18 Å². The second-order valence-corrected chi connectivity index (χ2v) is 5.30. The Morgan fingerprint density at radius 3 is 2.50 bits per heavy atom. The van der Waals surface area contributed by atoms with Gasteiger partial charge < -0.3 is 14.8 Å². The van der Waals surface area contributed by atoms with E-state index in [1.165, 1.54) is 24.3 Å². The van der Waals surface area contributed by atoms with Gasteiger partial charge in [0.05, 0.1) is 13.2 Å². The molecule has 2 aromatic rings. The van der Waals surface area contributed by atoms with Crippen LogP contribution in [-0.2, 0) is 16.1 Å². The minimum atomic E-state index is -0.607. The summed E-state index contributed by atoms with van der Waals surface area (Å²) >= 11 is 0. The second kappa shape index (κ2) is 9.67. The number of hydrogen-bond acceptors (Lipinski definition) is 3. The highest BCUT2D eigenvalue weighted by atomic mass is 19.1. The molecule has 0 saturated heterocycles. The highest BCUT2D eigenvalue weighted by molar-refractivity contribution is 5.81. The lowest BCUT2D eigenvalue weighted by atomic mass is 10.2. The molecule has 4 nitrogen and oxygen atoms in total. The van der Waals surface area contributed by atoms with Crippen LogP contribution in [0.3, 0.4) is 0 Å². The van der Waals surface area contributed by atoms with E-state index < -0.39 is 6.10 Å². The summed E-state index contributed by atoms with van der Waals surface area (Å²) < 4.78 is 24.0. The van der Waals surface area contributed by atoms with Gasteiger partial charge >= 0.3 is 0 Å². The first-order valence-electron chi connectivity index (χ1n) is 8.00. The maximum atomic E-state index is 12.9. The molecule has 0 aliphatic carbocycles. The van der Waals surface area contributed by atoms with Crippen LogP contribution in [0, 0.1) is 5.82 Å². The molecular weight excluding hydrogens is 309 g/mol. The predicted octanol–water partition coefficient (Wildman–Crippen LogP) is 3.32. The van der Waals surface area contributed by atoms with Crippen LogP contribution in [0.5, 0.6) is 5.75 Å². The number of halogens is 1. The van der Waals surface area contributed by atoms with Gasteiger partial charge in [-0.15, -0.1) is 0 Å². The summed E-state index contributed by atoms with van der Waals surface area (Å²) in [6.45, 7) is 3.21. The van der Waals surface area contributed by atoms with Crippen molar-refractivity contribution in [1.82, 2.24) is 5.32 Å². The van der Waals surface area contributed by atoms with Gasteiger partial charge in [0, 0.05) is 6.54 Å². The Hall–Kier alpha value is -2.40. The molecule has 2 aromatic carbocycles. The van der Waals surface area contributed by atoms with Gasteiger partial charge in [-0.05, 0) is 36.2 Å². The molecule has 0 spiro atoms. The predicted molar refractivity (Wildman–Crippen MR) is 90.2 cm³/mol. The topological polar surface area (TPSA) is 47.6 Å². The van der Waals surface area contributed by atoms with Gasteiger partial charge in [0.15, 0.2) is 6.10 Å². The molecule has 0 aromatic heterocycles. The van der Waals surface area contributed by atoms with Crippen LogP contribution in [0.1, 0.15) is 18.9 Å². The maximum absolute atomic E-state index is 12.9. The van der Waals surface area contributed by atoms with Gasteiger partial charge in [-0.3, -0.25) is 4.79 Å². The van der Waals surface area contributed by atoms with E-state index in [-0.39, 0.29) is 11.7 Å². The number of nitrogens with one attached hydrogen (secondary N) is 1. The third kappa shape index (κ3) is 6.01. The third-order valence-corrected chi connectivity index (χ3v) is 3.41. The molecule has 2 rings (SSSR count). The van der Waals surface area contributed by atoms with E-state index in [4.69, 9.17) is 9.47 Å². The van der Waals surface area contributed by atoms with E-state index in [0.29, 0.717) is 31.9 Å². The molecule has 0 radical (unpaired) electrons. The fourth-order valence-corrected chi connectivity index (χ4v) is 2.12. The highest BCUT2D eigenvalue weighted by Crippen LogP contribution is 2.14. The molecule has 128 valence electrons. The van der Waals surface area contributed by atoms with Gasteiger partial charge in [-0.2, -0.15) is 0 Å². The van der Waals surface area contributed by atoms with Crippen LogP contribution >= 0.6 is 0 Å². The van der Waals surface area contributed by atoms with E-state index in [2.05, 4.69) is 5.32 Å². The Morgan fingerprint density at radius 2 is 1.83 bits per heavy atom. The van der Waals surface area contributed by atoms with E-state index >= 15 is 0 Å². The van der Waals surface area contributed by atoms with E-state index in [1.807, 2.05) is 37.3 Å². The fourth-order valence-electron chi connectivity index (χ4n) is 2.12. The lowest BCUT2D eigenvalue weighted by Crippen LogP contribution is -2.39. The van der Waals surface area contributed by atoms with Crippen molar-refractivity contribution >= 4 is 5.91 Å². The Kier molecular flexibility index (Phi) is 7.23. The van der Waals surface area contributed by atoms with Crippen molar-refractivity contribution in [3.63, 3.8) is 0 Å². The zero-order valence-corrected chi connectivity index (χ0v) is 13.7. The molecule has 0 heterocycles. The van der Waals surface area contributed by atoms with Crippen LogP contribution in [0.2, 0.25) is 0 Å². The molecule has 0 fully saturated rings. The number of carbonyl (C=O) groups excluding carboxylic acids is 1. The van der Waals surface area contributed by atoms with E-state index in [0.717, 1.165) is 5.56 Å². The van der Waals surface area contributed by atoms with Crippen molar-refractivity contribution in [2.45, 2.75) is 26.1 Å². The summed E-state index contributed by atoms with van der Waals surface area (Å²) in [5.74, 6) is -0.0701. The molecule has 0 unspecified atom stereocenters. The highest BCUT2D eigenvalue weighted by Gasteiger charge is 2.17. The number of hydrogen-bond donors (Lipinski definition) is 1.